The van der Waals surface area contributed by atoms with Crippen LogP contribution in [0.1, 0.15) is 12.5 Å². The van der Waals surface area contributed by atoms with E-state index in [0.717, 1.165) is 5.56 Å². The average Bonchev–Trinajstić information content (AvgIpc) is 2.38. The Bertz CT molecular complexity index is 453. The van der Waals surface area contributed by atoms with Crippen LogP contribution in [-0.4, -0.2) is 42.2 Å². The molecule has 0 aliphatic heterocycles. The monoisotopic (exact) mass is 304 g/mol. The van der Waals surface area contributed by atoms with Gasteiger partial charge < -0.3 is 10.4 Å². The molecular weight excluding hydrogens is 287 g/mol. The third-order valence-electron chi connectivity index (χ3n) is 2.78. The number of benzene rings is 1. The highest BCUT2D eigenvalue weighted by molar-refractivity contribution is 6.40. The first kappa shape index (κ1) is 16.2. The Hall–Kier alpha value is -0.810. The predicted molar refractivity (Wildman–Crippen MR) is 79.0 cm³/mol. The Kier molecular flexibility index (Phi) is 6.58. The van der Waals surface area contributed by atoms with Crippen molar-refractivity contribution in [3.05, 3.63) is 27.7 Å². The lowest BCUT2D eigenvalue weighted by molar-refractivity contribution is -0.117. The molecule has 0 bridgehead atoms. The molecule has 1 rings (SSSR count). The molecule has 1 aromatic carbocycles. The fourth-order valence-electron chi connectivity index (χ4n) is 1.64. The molecule has 0 heterocycles. The zero-order valence-corrected chi connectivity index (χ0v) is 12.6. The summed E-state index contributed by atoms with van der Waals surface area (Å²) in [7, 11) is 0. The fourth-order valence-corrected chi connectivity index (χ4v) is 2.11. The number of hydrogen-bond donors (Lipinski definition) is 2. The summed E-state index contributed by atoms with van der Waals surface area (Å²) >= 11 is 12.1. The molecule has 0 aromatic heterocycles. The van der Waals surface area contributed by atoms with Crippen LogP contribution in [0.2, 0.25) is 10.0 Å². The predicted octanol–water partition coefficient (Wildman–Crippen LogP) is 2.55. The lowest BCUT2D eigenvalue weighted by atomic mass is 10.2. The van der Waals surface area contributed by atoms with Gasteiger partial charge in [-0.3, -0.25) is 9.69 Å². The van der Waals surface area contributed by atoms with Gasteiger partial charge in [-0.25, -0.2) is 0 Å². The number of aryl methyl sites for hydroxylation is 1. The van der Waals surface area contributed by atoms with E-state index in [0.29, 0.717) is 28.8 Å². The van der Waals surface area contributed by atoms with Crippen LogP contribution in [0.3, 0.4) is 0 Å². The minimum Gasteiger partial charge on any atom is -0.395 e. The van der Waals surface area contributed by atoms with E-state index in [1.54, 1.807) is 12.1 Å². The number of carbonyl (C=O) groups is 1. The molecule has 0 unspecified atom stereocenters. The van der Waals surface area contributed by atoms with Crippen LogP contribution >= 0.6 is 23.2 Å². The third kappa shape index (κ3) is 4.66. The molecule has 0 aliphatic carbocycles. The number of nitrogens with one attached hydrogen (secondary N) is 1. The first-order valence-electron chi connectivity index (χ1n) is 6.07. The van der Waals surface area contributed by atoms with Crippen molar-refractivity contribution in [1.29, 1.82) is 0 Å². The summed E-state index contributed by atoms with van der Waals surface area (Å²) in [5.41, 5.74) is 1.29. The van der Waals surface area contributed by atoms with Crippen LogP contribution in [0.4, 0.5) is 5.69 Å². The summed E-state index contributed by atoms with van der Waals surface area (Å²) in [5, 5.41) is 12.5. The van der Waals surface area contributed by atoms with Crippen LogP contribution in [0.15, 0.2) is 12.1 Å². The average molecular weight is 305 g/mol. The van der Waals surface area contributed by atoms with Crippen molar-refractivity contribution < 1.29 is 9.90 Å². The van der Waals surface area contributed by atoms with Gasteiger partial charge in [-0.05, 0) is 25.1 Å². The highest BCUT2D eigenvalue weighted by atomic mass is 35.5. The van der Waals surface area contributed by atoms with E-state index in [1.165, 1.54) is 0 Å². The number of halogens is 2. The summed E-state index contributed by atoms with van der Waals surface area (Å²) in [6.45, 7) is 5.13. The zero-order valence-electron chi connectivity index (χ0n) is 11.0. The number of hydrogen-bond acceptors (Lipinski definition) is 3. The van der Waals surface area contributed by atoms with Gasteiger partial charge in [0.1, 0.15) is 0 Å². The van der Waals surface area contributed by atoms with Crippen LogP contribution < -0.4 is 5.32 Å². The van der Waals surface area contributed by atoms with E-state index in [9.17, 15) is 4.79 Å². The summed E-state index contributed by atoms with van der Waals surface area (Å²) in [6.07, 6.45) is 0. The van der Waals surface area contributed by atoms with E-state index < -0.39 is 0 Å². The molecule has 0 saturated carbocycles. The maximum atomic E-state index is 11.9. The van der Waals surface area contributed by atoms with Crippen LogP contribution in [-0.2, 0) is 4.79 Å². The molecule has 106 valence electrons. The normalized spacial score (nSPS) is 10.8. The van der Waals surface area contributed by atoms with Gasteiger partial charge in [0.05, 0.1) is 28.9 Å². The topological polar surface area (TPSA) is 52.6 Å². The molecule has 4 nitrogen and oxygen atoms in total. The molecule has 0 atom stereocenters. The number of aliphatic hydroxyl groups excluding tert-OH is 1. The molecule has 19 heavy (non-hydrogen) atoms. The van der Waals surface area contributed by atoms with Crippen molar-refractivity contribution in [3.8, 4) is 0 Å². The van der Waals surface area contributed by atoms with Crippen LogP contribution in [0.5, 0.6) is 0 Å². The molecule has 0 radical (unpaired) electrons. The van der Waals surface area contributed by atoms with E-state index in [-0.39, 0.29) is 19.1 Å². The Labute approximate surface area is 123 Å². The third-order valence-corrected chi connectivity index (χ3v) is 3.58. The highest BCUT2D eigenvalue weighted by Crippen LogP contribution is 2.32. The maximum Gasteiger partial charge on any atom is 0.238 e. The van der Waals surface area contributed by atoms with Crippen molar-refractivity contribution >= 4 is 34.8 Å². The Morgan fingerprint density at radius 1 is 1.42 bits per heavy atom. The molecule has 0 spiro atoms. The summed E-state index contributed by atoms with van der Waals surface area (Å²) < 4.78 is 0. The fraction of sp³-hybridized carbons (Fsp3) is 0.462. The first-order valence-corrected chi connectivity index (χ1v) is 6.82. The van der Waals surface area contributed by atoms with Crippen molar-refractivity contribution in [2.45, 2.75) is 13.8 Å². The summed E-state index contributed by atoms with van der Waals surface area (Å²) in [4.78, 5) is 13.7. The van der Waals surface area contributed by atoms with Crippen molar-refractivity contribution in [3.63, 3.8) is 0 Å². The van der Waals surface area contributed by atoms with Gasteiger partial charge in [0.25, 0.3) is 0 Å². The number of amides is 1. The highest BCUT2D eigenvalue weighted by Gasteiger charge is 2.13. The van der Waals surface area contributed by atoms with Gasteiger partial charge in [0.2, 0.25) is 5.91 Å². The van der Waals surface area contributed by atoms with Gasteiger partial charge in [-0.1, -0.05) is 36.2 Å². The Morgan fingerprint density at radius 2 is 2.11 bits per heavy atom. The molecular formula is C13H18Cl2N2O2. The van der Waals surface area contributed by atoms with Crippen molar-refractivity contribution in [1.82, 2.24) is 4.90 Å². The van der Waals surface area contributed by atoms with Gasteiger partial charge in [0.15, 0.2) is 0 Å². The van der Waals surface area contributed by atoms with Gasteiger partial charge in [0, 0.05) is 6.54 Å². The lowest BCUT2D eigenvalue weighted by Gasteiger charge is -2.19. The Morgan fingerprint density at radius 3 is 2.68 bits per heavy atom. The molecule has 1 amide bonds. The number of carbonyl (C=O) groups excluding carboxylic acids is 1. The largest absolute Gasteiger partial charge is 0.395 e. The standard InChI is InChI=1S/C13H18Cl2N2O2/c1-3-17(6-7-18)8-11(19)16-13-10(14)5-4-9(2)12(13)15/h4-5,18H,3,6-8H2,1-2H3,(H,16,19). The number of rotatable bonds is 6. The molecule has 1 aromatic rings. The molecule has 6 heteroatoms. The second-order valence-electron chi connectivity index (χ2n) is 4.19. The smallest absolute Gasteiger partial charge is 0.238 e. The second kappa shape index (κ2) is 7.70. The molecule has 0 fully saturated rings. The van der Waals surface area contributed by atoms with Crippen LogP contribution in [0, 0.1) is 6.92 Å². The van der Waals surface area contributed by atoms with E-state index in [4.69, 9.17) is 28.3 Å². The summed E-state index contributed by atoms with van der Waals surface area (Å²) in [5.74, 6) is -0.204. The molecule has 0 saturated heterocycles. The lowest BCUT2D eigenvalue weighted by Crippen LogP contribution is -2.35. The number of aliphatic hydroxyl groups is 1. The quantitative estimate of drug-likeness (QED) is 0.849. The minimum atomic E-state index is -0.204. The first-order chi connectivity index (χ1) is 8.99. The van der Waals surface area contributed by atoms with E-state index in [1.807, 2.05) is 18.7 Å². The minimum absolute atomic E-state index is 0.0209. The van der Waals surface area contributed by atoms with E-state index >= 15 is 0 Å². The zero-order chi connectivity index (χ0) is 14.4. The summed E-state index contributed by atoms with van der Waals surface area (Å²) in [6, 6.07) is 3.49. The van der Waals surface area contributed by atoms with E-state index in [2.05, 4.69) is 5.32 Å². The molecule has 2 N–H and O–H groups in total. The number of nitrogens with zero attached hydrogens (tertiary/aromatic N) is 1. The number of likely N-dealkylation sites (N-methyl/N-ethyl adjacent to an activating group) is 1. The Balaban J connectivity index is 2.74. The van der Waals surface area contributed by atoms with Crippen molar-refractivity contribution in [2.75, 3.05) is 31.6 Å². The van der Waals surface area contributed by atoms with Gasteiger partial charge >= 0.3 is 0 Å². The van der Waals surface area contributed by atoms with Crippen LogP contribution in [0.25, 0.3) is 0 Å². The maximum absolute atomic E-state index is 11.9. The second-order valence-corrected chi connectivity index (χ2v) is 4.98. The van der Waals surface area contributed by atoms with Crippen molar-refractivity contribution in [2.24, 2.45) is 0 Å². The SMILES string of the molecule is CCN(CCO)CC(=O)Nc1c(Cl)ccc(C)c1Cl. The molecule has 0 aliphatic rings. The number of anilines is 1. The van der Waals surface area contributed by atoms with Gasteiger partial charge in [-0.15, -0.1) is 0 Å². The van der Waals surface area contributed by atoms with Gasteiger partial charge in [-0.2, -0.15) is 0 Å².